The highest BCUT2D eigenvalue weighted by atomic mass is 32.2. The van der Waals surface area contributed by atoms with Crippen LogP contribution in [-0.2, 0) is 0 Å². The first-order chi connectivity index (χ1) is 7.22. The Bertz CT molecular complexity index is 329. The monoisotopic (exact) mass is 243 g/mol. The third-order valence-electron chi connectivity index (χ3n) is 2.93. The summed E-state index contributed by atoms with van der Waals surface area (Å²) >= 11 is 3.24. The fraction of sp³-hybridized carbons (Fsp3) is 0.700. The van der Waals surface area contributed by atoms with Crippen LogP contribution in [0.25, 0.3) is 0 Å². The van der Waals surface area contributed by atoms with Gasteiger partial charge in [-0.1, -0.05) is 6.92 Å². The molecule has 1 fully saturated rings. The van der Waals surface area contributed by atoms with Crippen LogP contribution in [-0.4, -0.2) is 23.7 Å². The Morgan fingerprint density at radius 2 is 2.13 bits per heavy atom. The third kappa shape index (κ3) is 2.23. The van der Waals surface area contributed by atoms with E-state index in [1.165, 1.54) is 29.4 Å². The summed E-state index contributed by atoms with van der Waals surface area (Å²) < 4.78 is 4.24. The van der Waals surface area contributed by atoms with Crippen LogP contribution in [0.4, 0.5) is 10.8 Å². The van der Waals surface area contributed by atoms with Gasteiger partial charge in [-0.2, -0.15) is 4.37 Å². The van der Waals surface area contributed by atoms with Gasteiger partial charge in [0.2, 0.25) is 0 Å². The smallest absolute Gasteiger partial charge is 0.153 e. The van der Waals surface area contributed by atoms with Crippen LogP contribution in [0.3, 0.4) is 0 Å². The largest absolute Gasteiger partial charge is 0.382 e. The Morgan fingerprint density at radius 1 is 1.47 bits per heavy atom. The fourth-order valence-corrected chi connectivity index (χ4v) is 3.63. The summed E-state index contributed by atoms with van der Waals surface area (Å²) in [6.45, 7) is 4.63. The van der Waals surface area contributed by atoms with Crippen molar-refractivity contribution in [3.8, 4) is 0 Å². The molecule has 0 amide bonds. The Morgan fingerprint density at radius 3 is 2.73 bits per heavy atom. The Hall–Kier alpha value is -0.420. The van der Waals surface area contributed by atoms with Gasteiger partial charge in [0.15, 0.2) is 5.82 Å². The van der Waals surface area contributed by atoms with E-state index in [1.54, 1.807) is 11.8 Å². The van der Waals surface area contributed by atoms with E-state index < -0.39 is 0 Å². The minimum absolute atomic E-state index is 0.695. The second-order valence-electron chi connectivity index (χ2n) is 4.08. The molecule has 1 aliphatic rings. The lowest BCUT2D eigenvalue weighted by Gasteiger charge is -2.31. The number of aromatic nitrogens is 1. The molecule has 5 heteroatoms. The van der Waals surface area contributed by atoms with E-state index in [4.69, 9.17) is 5.73 Å². The van der Waals surface area contributed by atoms with Crippen LogP contribution in [0.1, 0.15) is 19.8 Å². The summed E-state index contributed by atoms with van der Waals surface area (Å²) in [5.41, 5.74) is 5.84. The Labute approximate surface area is 99.2 Å². The minimum atomic E-state index is 0.695. The Kier molecular flexibility index (Phi) is 3.41. The first-order valence-electron chi connectivity index (χ1n) is 5.26. The topological polar surface area (TPSA) is 42.1 Å². The van der Waals surface area contributed by atoms with Gasteiger partial charge in [-0.25, -0.2) is 0 Å². The first kappa shape index (κ1) is 11.1. The van der Waals surface area contributed by atoms with Crippen LogP contribution in [0.2, 0.25) is 0 Å². The van der Waals surface area contributed by atoms with Crippen molar-refractivity contribution in [1.29, 1.82) is 0 Å². The van der Waals surface area contributed by atoms with Gasteiger partial charge in [-0.05, 0) is 36.5 Å². The summed E-state index contributed by atoms with van der Waals surface area (Å²) in [7, 11) is 0. The molecule has 2 rings (SSSR count). The van der Waals surface area contributed by atoms with Gasteiger partial charge in [-0.3, -0.25) is 0 Å². The lowest BCUT2D eigenvalue weighted by molar-refractivity contribution is 0.439. The number of nitrogens with zero attached hydrogens (tertiary/aromatic N) is 2. The highest BCUT2D eigenvalue weighted by Crippen LogP contribution is 2.38. The zero-order chi connectivity index (χ0) is 10.8. The molecule has 0 radical (unpaired) electrons. The molecule has 3 nitrogen and oxygen atoms in total. The molecule has 0 saturated carbocycles. The summed E-state index contributed by atoms with van der Waals surface area (Å²) in [6.07, 6.45) is 4.63. The number of nitrogen functional groups attached to an aromatic ring is 1. The molecule has 2 heterocycles. The molecule has 1 aromatic rings. The first-order valence-corrected chi connectivity index (χ1v) is 7.26. The second-order valence-corrected chi connectivity index (χ2v) is 5.64. The van der Waals surface area contributed by atoms with E-state index in [0.29, 0.717) is 5.82 Å². The van der Waals surface area contributed by atoms with E-state index in [2.05, 4.69) is 22.5 Å². The van der Waals surface area contributed by atoms with Gasteiger partial charge in [-0.15, -0.1) is 11.8 Å². The van der Waals surface area contributed by atoms with Gasteiger partial charge >= 0.3 is 0 Å². The predicted molar refractivity (Wildman–Crippen MR) is 68.9 cm³/mol. The van der Waals surface area contributed by atoms with E-state index in [0.717, 1.165) is 23.9 Å². The maximum atomic E-state index is 5.84. The Balaban J connectivity index is 2.15. The average Bonchev–Trinajstić information content (AvgIpc) is 2.61. The molecular weight excluding hydrogens is 226 g/mol. The van der Waals surface area contributed by atoms with Crippen molar-refractivity contribution in [3.05, 3.63) is 0 Å². The molecule has 0 aliphatic carbocycles. The number of hydrogen-bond acceptors (Lipinski definition) is 5. The normalized spacial score (nSPS) is 18.4. The van der Waals surface area contributed by atoms with Gasteiger partial charge in [0.25, 0.3) is 0 Å². The van der Waals surface area contributed by atoms with Gasteiger partial charge in [0.1, 0.15) is 5.00 Å². The molecule has 0 aromatic carbocycles. The molecular formula is C10H17N3S2. The molecule has 1 aliphatic heterocycles. The number of hydrogen-bond donors (Lipinski definition) is 1. The van der Waals surface area contributed by atoms with Gasteiger partial charge in [0, 0.05) is 13.1 Å². The minimum Gasteiger partial charge on any atom is -0.382 e. The van der Waals surface area contributed by atoms with Gasteiger partial charge in [0.05, 0.1) is 4.90 Å². The lowest BCUT2D eigenvalue weighted by Crippen LogP contribution is -2.32. The number of piperidine rings is 1. The quantitative estimate of drug-likeness (QED) is 0.811. The van der Waals surface area contributed by atoms with Crippen LogP contribution < -0.4 is 10.6 Å². The van der Waals surface area contributed by atoms with E-state index in [9.17, 15) is 0 Å². The van der Waals surface area contributed by atoms with E-state index >= 15 is 0 Å². The highest BCUT2D eigenvalue weighted by Gasteiger charge is 2.21. The van der Waals surface area contributed by atoms with E-state index in [1.807, 2.05) is 0 Å². The summed E-state index contributed by atoms with van der Waals surface area (Å²) in [4.78, 5) is 3.59. The zero-order valence-electron chi connectivity index (χ0n) is 9.19. The highest BCUT2D eigenvalue weighted by molar-refractivity contribution is 7.99. The van der Waals surface area contributed by atoms with Crippen molar-refractivity contribution in [2.45, 2.75) is 24.7 Å². The van der Waals surface area contributed by atoms with Crippen LogP contribution in [0.15, 0.2) is 4.90 Å². The molecule has 0 bridgehead atoms. The fourth-order valence-electron chi connectivity index (χ4n) is 1.89. The number of anilines is 2. The lowest BCUT2D eigenvalue weighted by atomic mass is 10.00. The van der Waals surface area contributed by atoms with Crippen LogP contribution in [0, 0.1) is 5.92 Å². The van der Waals surface area contributed by atoms with Crippen molar-refractivity contribution >= 4 is 34.1 Å². The SMILES string of the molecule is CSc1c(N)nsc1N1CCC(C)CC1. The molecule has 1 aromatic heterocycles. The second kappa shape index (κ2) is 4.61. The maximum absolute atomic E-state index is 5.84. The summed E-state index contributed by atoms with van der Waals surface area (Å²) in [5, 5.41) is 1.27. The molecule has 0 unspecified atom stereocenters. The predicted octanol–water partition coefficient (Wildman–Crippen LogP) is 2.68. The molecule has 2 N–H and O–H groups in total. The number of nitrogens with two attached hydrogens (primary N) is 1. The third-order valence-corrected chi connectivity index (χ3v) is 4.80. The number of rotatable bonds is 2. The summed E-state index contributed by atoms with van der Waals surface area (Å²) in [5.74, 6) is 1.56. The maximum Gasteiger partial charge on any atom is 0.153 e. The van der Waals surface area contributed by atoms with Crippen molar-refractivity contribution < 1.29 is 0 Å². The van der Waals surface area contributed by atoms with E-state index in [-0.39, 0.29) is 0 Å². The van der Waals surface area contributed by atoms with Crippen LogP contribution in [0.5, 0.6) is 0 Å². The van der Waals surface area contributed by atoms with Crippen LogP contribution >= 0.6 is 23.3 Å². The van der Waals surface area contributed by atoms with Crippen molar-refractivity contribution in [2.75, 3.05) is 30.0 Å². The molecule has 15 heavy (non-hydrogen) atoms. The summed E-state index contributed by atoms with van der Waals surface area (Å²) in [6, 6.07) is 0. The molecule has 0 atom stereocenters. The average molecular weight is 243 g/mol. The molecule has 84 valence electrons. The van der Waals surface area contributed by atoms with Crippen molar-refractivity contribution in [3.63, 3.8) is 0 Å². The zero-order valence-corrected chi connectivity index (χ0v) is 10.8. The molecule has 0 spiro atoms. The molecule has 1 saturated heterocycles. The number of thioether (sulfide) groups is 1. The van der Waals surface area contributed by atoms with Crippen molar-refractivity contribution in [1.82, 2.24) is 4.37 Å². The standard InChI is InChI=1S/C10H17N3S2/c1-7-3-5-13(6-4-7)10-8(14-2)9(11)12-15-10/h7H,3-6H2,1-2H3,(H2,11,12). The van der Waals surface area contributed by atoms with Gasteiger partial charge < -0.3 is 10.6 Å². The van der Waals surface area contributed by atoms with Crippen molar-refractivity contribution in [2.24, 2.45) is 5.92 Å².